The van der Waals surface area contributed by atoms with Gasteiger partial charge in [0.05, 0.1) is 22.0 Å². The summed E-state index contributed by atoms with van der Waals surface area (Å²) in [6, 6.07) is 18.4. The molecule has 0 bridgehead atoms. The predicted octanol–water partition coefficient (Wildman–Crippen LogP) is 3.85. The van der Waals surface area contributed by atoms with Crippen molar-refractivity contribution in [2.45, 2.75) is 0 Å². The largest absolute Gasteiger partial charge is 0.306 e. The van der Waals surface area contributed by atoms with E-state index in [1.165, 1.54) is 4.57 Å². The van der Waals surface area contributed by atoms with Gasteiger partial charge in [0.2, 0.25) is 0 Å². The molecule has 5 heteroatoms. The van der Waals surface area contributed by atoms with Crippen LogP contribution in [0.1, 0.15) is 0 Å². The average Bonchev–Trinajstić information content (AvgIpc) is 2.96. The first kappa shape index (κ1) is 14.3. The Morgan fingerprint density at radius 2 is 1.52 bits per heavy atom. The van der Waals surface area contributed by atoms with Gasteiger partial charge in [0, 0.05) is 17.0 Å². The molecule has 0 saturated carbocycles. The number of nitrogens with zero attached hydrogens (tertiary/aromatic N) is 2. The number of fused-ring (bicyclic) bond motifs is 2. The molecule has 5 aromatic rings. The van der Waals surface area contributed by atoms with Gasteiger partial charge in [0.1, 0.15) is 5.15 Å². The summed E-state index contributed by atoms with van der Waals surface area (Å²) in [5.41, 5.74) is 0.761. The lowest BCUT2D eigenvalue weighted by molar-refractivity contribution is 0.991. The second-order valence-corrected chi connectivity index (χ2v) is 6.36. The van der Waals surface area contributed by atoms with Gasteiger partial charge in [-0.25, -0.2) is 4.57 Å². The van der Waals surface area contributed by atoms with Crippen LogP contribution in [0.2, 0.25) is 5.15 Å². The van der Waals surface area contributed by atoms with Crippen molar-refractivity contribution < 1.29 is 0 Å². The second-order valence-electron chi connectivity index (χ2n) is 5.97. The third-order valence-electron chi connectivity index (χ3n) is 4.59. The van der Waals surface area contributed by atoms with E-state index in [4.69, 9.17) is 11.6 Å². The molecule has 0 saturated heterocycles. The second kappa shape index (κ2) is 4.94. The van der Waals surface area contributed by atoms with Crippen LogP contribution in [-0.4, -0.2) is 8.97 Å². The summed E-state index contributed by atoms with van der Waals surface area (Å²) in [6.07, 6.45) is 1.66. The van der Waals surface area contributed by atoms with Gasteiger partial charge < -0.3 is 4.40 Å². The molecular formula is C20H11ClN2O2. The van der Waals surface area contributed by atoms with Gasteiger partial charge >= 0.3 is 0 Å². The zero-order valence-corrected chi connectivity index (χ0v) is 13.7. The van der Waals surface area contributed by atoms with Crippen molar-refractivity contribution in [3.8, 4) is 5.69 Å². The molecular weight excluding hydrogens is 336 g/mol. The van der Waals surface area contributed by atoms with Gasteiger partial charge in [-0.05, 0) is 18.2 Å². The quantitative estimate of drug-likeness (QED) is 0.463. The number of hydrogen-bond acceptors (Lipinski definition) is 2. The highest BCUT2D eigenvalue weighted by atomic mass is 35.5. The molecule has 0 fully saturated rings. The number of pyridine rings is 1. The van der Waals surface area contributed by atoms with E-state index in [1.54, 1.807) is 34.9 Å². The molecule has 0 N–H and O–H groups in total. The Labute approximate surface area is 146 Å². The number of halogens is 1. The molecule has 120 valence electrons. The van der Waals surface area contributed by atoms with E-state index in [1.807, 2.05) is 36.4 Å². The van der Waals surface area contributed by atoms with Crippen molar-refractivity contribution >= 4 is 38.7 Å². The van der Waals surface area contributed by atoms with Crippen molar-refractivity contribution in [1.29, 1.82) is 0 Å². The molecule has 3 heterocycles. The van der Waals surface area contributed by atoms with E-state index in [2.05, 4.69) is 0 Å². The van der Waals surface area contributed by atoms with Crippen molar-refractivity contribution in [2.24, 2.45) is 0 Å². The summed E-state index contributed by atoms with van der Waals surface area (Å²) in [5, 5.41) is 2.95. The molecule has 3 aromatic heterocycles. The van der Waals surface area contributed by atoms with Crippen LogP contribution in [0.5, 0.6) is 0 Å². The van der Waals surface area contributed by atoms with Crippen LogP contribution in [0, 0.1) is 0 Å². The van der Waals surface area contributed by atoms with E-state index in [-0.39, 0.29) is 11.1 Å². The van der Waals surface area contributed by atoms with Gasteiger partial charge in [-0.2, -0.15) is 0 Å². The minimum atomic E-state index is -0.332. The number of hydrogen-bond donors (Lipinski definition) is 0. The maximum Gasteiger partial charge on any atom is 0.267 e. The normalized spacial score (nSPS) is 11.7. The van der Waals surface area contributed by atoms with E-state index in [0.717, 1.165) is 16.3 Å². The molecule has 0 atom stereocenters. The maximum absolute atomic E-state index is 13.1. The molecule has 0 spiro atoms. The predicted molar refractivity (Wildman–Crippen MR) is 100 cm³/mol. The zero-order chi connectivity index (χ0) is 17.1. The van der Waals surface area contributed by atoms with Gasteiger partial charge in [-0.3, -0.25) is 9.59 Å². The molecule has 0 amide bonds. The summed E-state index contributed by atoms with van der Waals surface area (Å²) in [4.78, 5) is 26.0. The molecule has 4 nitrogen and oxygen atoms in total. The fourth-order valence-corrected chi connectivity index (χ4v) is 3.76. The number of para-hydroxylation sites is 1. The average molecular weight is 347 g/mol. The highest BCUT2D eigenvalue weighted by Gasteiger charge is 2.19. The highest BCUT2D eigenvalue weighted by Crippen LogP contribution is 2.30. The Morgan fingerprint density at radius 3 is 2.32 bits per heavy atom. The maximum atomic E-state index is 13.1. The monoisotopic (exact) mass is 346 g/mol. The summed E-state index contributed by atoms with van der Waals surface area (Å²) in [5.74, 6) is 0. The molecule has 0 unspecified atom stereocenters. The first-order chi connectivity index (χ1) is 12.2. The number of rotatable bonds is 1. The Hall–Kier alpha value is -3.11. The van der Waals surface area contributed by atoms with E-state index in [9.17, 15) is 9.59 Å². The lowest BCUT2D eigenvalue weighted by Crippen LogP contribution is -2.23. The lowest BCUT2D eigenvalue weighted by Gasteiger charge is -2.00. The topological polar surface area (TPSA) is 43.5 Å². The minimum Gasteiger partial charge on any atom is -0.306 e. The summed E-state index contributed by atoms with van der Waals surface area (Å²) < 4.78 is 2.99. The standard InChI is InChI=1S/C20H11ClN2O2/c21-16-10-12-6-4-5-9-14-17-15(11-22(16)18(12)14)19(24)23(20(17)25)13-7-2-1-3-8-13/h1-11H. The van der Waals surface area contributed by atoms with Crippen molar-refractivity contribution in [1.82, 2.24) is 8.97 Å². The van der Waals surface area contributed by atoms with Gasteiger partial charge in [-0.15, -0.1) is 0 Å². The van der Waals surface area contributed by atoms with Crippen LogP contribution in [0.15, 0.2) is 76.4 Å². The number of benzene rings is 1. The first-order valence-electron chi connectivity index (χ1n) is 7.83. The Morgan fingerprint density at radius 1 is 0.800 bits per heavy atom. The fraction of sp³-hybridized carbons (Fsp3) is 0. The van der Waals surface area contributed by atoms with Gasteiger partial charge in [-0.1, -0.05) is 54.1 Å². The minimum absolute atomic E-state index is 0.307. The van der Waals surface area contributed by atoms with Crippen LogP contribution in [0.4, 0.5) is 0 Å². The van der Waals surface area contributed by atoms with Crippen LogP contribution >= 0.6 is 11.6 Å². The van der Waals surface area contributed by atoms with Crippen LogP contribution in [-0.2, 0) is 0 Å². The van der Waals surface area contributed by atoms with Crippen molar-refractivity contribution in [3.05, 3.63) is 92.7 Å². The Kier molecular flexibility index (Phi) is 2.82. The van der Waals surface area contributed by atoms with Gasteiger partial charge in [0.15, 0.2) is 0 Å². The molecule has 0 aliphatic rings. The van der Waals surface area contributed by atoms with E-state index < -0.39 is 0 Å². The molecule has 0 aliphatic heterocycles. The smallest absolute Gasteiger partial charge is 0.267 e. The van der Waals surface area contributed by atoms with E-state index >= 15 is 0 Å². The van der Waals surface area contributed by atoms with Crippen LogP contribution < -0.4 is 11.1 Å². The van der Waals surface area contributed by atoms with Crippen LogP contribution in [0.3, 0.4) is 0 Å². The van der Waals surface area contributed by atoms with E-state index in [0.29, 0.717) is 21.6 Å². The van der Waals surface area contributed by atoms with Crippen molar-refractivity contribution in [2.75, 3.05) is 0 Å². The number of aromatic nitrogens is 2. The summed E-state index contributed by atoms with van der Waals surface area (Å²) >= 11 is 6.34. The zero-order valence-electron chi connectivity index (χ0n) is 12.9. The highest BCUT2D eigenvalue weighted by molar-refractivity contribution is 6.31. The van der Waals surface area contributed by atoms with Crippen molar-refractivity contribution in [3.63, 3.8) is 0 Å². The molecule has 25 heavy (non-hydrogen) atoms. The SMILES string of the molecule is O=c1c2cn3c(Cl)cc4ccccc(c2c(=O)n1-c1ccccc1)c43. The van der Waals surface area contributed by atoms with Crippen LogP contribution in [0.25, 0.3) is 32.7 Å². The summed E-state index contributed by atoms with van der Waals surface area (Å²) in [6.45, 7) is 0. The molecule has 0 aliphatic carbocycles. The first-order valence-corrected chi connectivity index (χ1v) is 8.21. The fourth-order valence-electron chi connectivity index (χ4n) is 3.51. The third-order valence-corrected chi connectivity index (χ3v) is 4.88. The summed E-state index contributed by atoms with van der Waals surface area (Å²) in [7, 11) is 0. The molecule has 5 rings (SSSR count). The van der Waals surface area contributed by atoms with Gasteiger partial charge in [0.25, 0.3) is 11.1 Å². The Balaban J connectivity index is 2.10. The molecule has 0 radical (unpaired) electrons. The Bertz CT molecular complexity index is 1380. The lowest BCUT2D eigenvalue weighted by atomic mass is 10.1. The molecule has 2 aromatic carbocycles. The third kappa shape index (κ3) is 1.83.